The van der Waals surface area contributed by atoms with E-state index in [0.717, 1.165) is 6.26 Å². The van der Waals surface area contributed by atoms with E-state index in [1.807, 2.05) is 0 Å². The molecule has 0 aliphatic heterocycles. The lowest BCUT2D eigenvalue weighted by molar-refractivity contribution is 0.600. The zero-order chi connectivity index (χ0) is 9.35. The Kier molecular flexibility index (Phi) is 2.48. The molecule has 0 bridgehead atoms. The molecule has 6 heteroatoms. The van der Waals surface area contributed by atoms with Crippen molar-refractivity contribution in [2.24, 2.45) is 0 Å². The van der Waals surface area contributed by atoms with Crippen LogP contribution in [0, 0.1) is 6.92 Å². The van der Waals surface area contributed by atoms with Crippen LogP contribution >= 0.6 is 15.9 Å². The minimum atomic E-state index is -3.22. The highest BCUT2D eigenvalue weighted by molar-refractivity contribution is 9.10. The van der Waals surface area contributed by atoms with E-state index < -0.39 is 9.84 Å². The Morgan fingerprint density at radius 2 is 2.08 bits per heavy atom. The quantitative estimate of drug-likeness (QED) is 0.697. The van der Waals surface area contributed by atoms with Crippen LogP contribution in [-0.4, -0.2) is 24.6 Å². The maximum atomic E-state index is 11.1. The van der Waals surface area contributed by atoms with E-state index >= 15 is 0 Å². The number of hydrogen-bond acceptors (Lipinski definition) is 4. The van der Waals surface area contributed by atoms with Gasteiger partial charge in [0, 0.05) is 6.26 Å². The second-order valence-electron chi connectivity index (χ2n) is 2.34. The molecule has 1 aromatic rings. The molecular formula is C6H7BrN2O2S. The van der Waals surface area contributed by atoms with Crippen LogP contribution in [0.4, 0.5) is 0 Å². The van der Waals surface area contributed by atoms with Gasteiger partial charge in [-0.1, -0.05) is 0 Å². The van der Waals surface area contributed by atoms with Gasteiger partial charge in [-0.15, -0.1) is 0 Å². The van der Waals surface area contributed by atoms with E-state index in [4.69, 9.17) is 0 Å². The predicted octanol–water partition coefficient (Wildman–Crippen LogP) is 0.951. The number of hydrogen-bond donors (Lipinski definition) is 0. The van der Waals surface area contributed by atoms with Crippen LogP contribution in [0.1, 0.15) is 5.82 Å². The summed E-state index contributed by atoms with van der Waals surface area (Å²) in [5.74, 6) is 0.536. The van der Waals surface area contributed by atoms with E-state index in [-0.39, 0.29) is 4.90 Å². The molecule has 12 heavy (non-hydrogen) atoms. The molecule has 0 amide bonds. The fourth-order valence-corrected chi connectivity index (χ4v) is 2.52. The van der Waals surface area contributed by atoms with Crippen LogP contribution in [0.5, 0.6) is 0 Å². The van der Waals surface area contributed by atoms with Gasteiger partial charge < -0.3 is 0 Å². The van der Waals surface area contributed by atoms with Crippen LogP contribution in [0.3, 0.4) is 0 Å². The van der Waals surface area contributed by atoms with Crippen molar-refractivity contribution >= 4 is 25.8 Å². The standard InChI is InChI=1S/C6H7BrN2O2S/c1-4-8-3-5(6(7)9-4)12(2,10)11/h3H,1-2H3. The Hall–Kier alpha value is -0.490. The van der Waals surface area contributed by atoms with Gasteiger partial charge in [0.05, 0.1) is 6.20 Å². The van der Waals surface area contributed by atoms with E-state index in [1.165, 1.54) is 6.20 Å². The number of rotatable bonds is 1. The molecule has 0 fully saturated rings. The van der Waals surface area contributed by atoms with Gasteiger partial charge in [-0.2, -0.15) is 0 Å². The highest BCUT2D eigenvalue weighted by Crippen LogP contribution is 2.17. The van der Waals surface area contributed by atoms with E-state index in [1.54, 1.807) is 6.92 Å². The van der Waals surface area contributed by atoms with Gasteiger partial charge in [-0.3, -0.25) is 0 Å². The van der Waals surface area contributed by atoms with Crippen molar-refractivity contribution in [3.05, 3.63) is 16.6 Å². The molecule has 0 atom stereocenters. The third kappa shape index (κ3) is 2.01. The zero-order valence-corrected chi connectivity index (χ0v) is 8.98. The highest BCUT2D eigenvalue weighted by Gasteiger charge is 2.12. The lowest BCUT2D eigenvalue weighted by atomic mass is 10.6. The first-order chi connectivity index (χ1) is 5.41. The van der Waals surface area contributed by atoms with Gasteiger partial charge in [-0.05, 0) is 22.9 Å². The molecule has 0 aromatic carbocycles. The summed E-state index contributed by atoms with van der Waals surface area (Å²) in [4.78, 5) is 7.77. The number of halogens is 1. The Labute approximate surface area is 79.1 Å². The van der Waals surface area contributed by atoms with Crippen molar-refractivity contribution in [3.8, 4) is 0 Å². The lowest BCUT2D eigenvalue weighted by Crippen LogP contribution is -2.02. The topological polar surface area (TPSA) is 59.9 Å². The number of aryl methyl sites for hydroxylation is 1. The second-order valence-corrected chi connectivity index (χ2v) is 5.08. The molecule has 0 aliphatic carbocycles. The van der Waals surface area contributed by atoms with Crippen LogP contribution in [0.2, 0.25) is 0 Å². The van der Waals surface area contributed by atoms with Crippen molar-refractivity contribution in [1.29, 1.82) is 0 Å². The third-order valence-corrected chi connectivity index (χ3v) is 3.20. The number of nitrogens with zero attached hydrogens (tertiary/aromatic N) is 2. The predicted molar refractivity (Wildman–Crippen MR) is 47.6 cm³/mol. The lowest BCUT2D eigenvalue weighted by Gasteiger charge is -1.99. The van der Waals surface area contributed by atoms with E-state index in [2.05, 4.69) is 25.9 Å². The SMILES string of the molecule is Cc1ncc(S(C)(=O)=O)c(Br)n1. The van der Waals surface area contributed by atoms with Crippen molar-refractivity contribution < 1.29 is 8.42 Å². The van der Waals surface area contributed by atoms with Crippen molar-refractivity contribution in [2.45, 2.75) is 11.8 Å². The first kappa shape index (κ1) is 9.60. The van der Waals surface area contributed by atoms with Crippen molar-refractivity contribution in [2.75, 3.05) is 6.26 Å². The molecule has 0 aliphatic rings. The van der Waals surface area contributed by atoms with E-state index in [9.17, 15) is 8.42 Å². The minimum Gasteiger partial charge on any atom is -0.240 e. The largest absolute Gasteiger partial charge is 0.240 e. The second kappa shape index (κ2) is 3.10. The maximum absolute atomic E-state index is 11.1. The van der Waals surface area contributed by atoms with Crippen molar-refractivity contribution in [1.82, 2.24) is 9.97 Å². The van der Waals surface area contributed by atoms with Crippen LogP contribution in [0.25, 0.3) is 0 Å². The summed E-state index contributed by atoms with van der Waals surface area (Å²) in [5.41, 5.74) is 0. The first-order valence-electron chi connectivity index (χ1n) is 3.10. The molecular weight excluding hydrogens is 244 g/mol. The Morgan fingerprint density at radius 3 is 2.50 bits per heavy atom. The van der Waals surface area contributed by atoms with Gasteiger partial charge in [-0.25, -0.2) is 18.4 Å². The summed E-state index contributed by atoms with van der Waals surface area (Å²) >= 11 is 3.05. The first-order valence-corrected chi connectivity index (χ1v) is 5.79. The summed E-state index contributed by atoms with van der Waals surface area (Å²) in [6, 6.07) is 0. The zero-order valence-electron chi connectivity index (χ0n) is 6.57. The molecule has 0 radical (unpaired) electrons. The Morgan fingerprint density at radius 1 is 1.50 bits per heavy atom. The van der Waals surface area contributed by atoms with Gasteiger partial charge in [0.15, 0.2) is 9.84 Å². The highest BCUT2D eigenvalue weighted by atomic mass is 79.9. The van der Waals surface area contributed by atoms with Crippen LogP contribution in [-0.2, 0) is 9.84 Å². The van der Waals surface area contributed by atoms with Gasteiger partial charge >= 0.3 is 0 Å². The average molecular weight is 251 g/mol. The Bertz CT molecular complexity index is 402. The molecule has 0 saturated carbocycles. The molecule has 0 N–H and O–H groups in total. The Balaban J connectivity index is 3.39. The van der Waals surface area contributed by atoms with Gasteiger partial charge in [0.2, 0.25) is 0 Å². The van der Waals surface area contributed by atoms with Gasteiger partial charge in [0.1, 0.15) is 15.3 Å². The summed E-state index contributed by atoms with van der Waals surface area (Å²) in [6.45, 7) is 1.69. The van der Waals surface area contributed by atoms with E-state index in [0.29, 0.717) is 10.4 Å². The summed E-state index contributed by atoms with van der Waals surface area (Å²) in [6.07, 6.45) is 2.41. The summed E-state index contributed by atoms with van der Waals surface area (Å²) in [7, 11) is -3.22. The summed E-state index contributed by atoms with van der Waals surface area (Å²) in [5, 5.41) is 0. The molecule has 66 valence electrons. The monoisotopic (exact) mass is 250 g/mol. The molecule has 1 rings (SSSR count). The fraction of sp³-hybridized carbons (Fsp3) is 0.333. The summed E-state index contributed by atoms with van der Waals surface area (Å²) < 4.78 is 22.4. The van der Waals surface area contributed by atoms with Crippen LogP contribution < -0.4 is 0 Å². The smallest absolute Gasteiger partial charge is 0.179 e. The normalized spacial score (nSPS) is 11.6. The fourth-order valence-electron chi connectivity index (χ4n) is 0.680. The van der Waals surface area contributed by atoms with Gasteiger partial charge in [0.25, 0.3) is 0 Å². The third-order valence-electron chi connectivity index (χ3n) is 1.23. The van der Waals surface area contributed by atoms with Crippen LogP contribution in [0.15, 0.2) is 15.7 Å². The molecule has 0 saturated heterocycles. The number of aromatic nitrogens is 2. The number of sulfone groups is 1. The minimum absolute atomic E-state index is 0.119. The molecule has 1 heterocycles. The maximum Gasteiger partial charge on any atom is 0.179 e. The molecule has 4 nitrogen and oxygen atoms in total. The molecule has 1 aromatic heterocycles. The molecule has 0 spiro atoms. The molecule has 0 unspecified atom stereocenters. The average Bonchev–Trinajstić information content (AvgIpc) is 1.83. The van der Waals surface area contributed by atoms with Crippen molar-refractivity contribution in [3.63, 3.8) is 0 Å².